The van der Waals surface area contributed by atoms with E-state index in [9.17, 15) is 23.2 Å². The van der Waals surface area contributed by atoms with Crippen LogP contribution in [-0.4, -0.2) is 35.4 Å². The van der Waals surface area contributed by atoms with Crippen molar-refractivity contribution in [1.82, 2.24) is 5.32 Å². The molecule has 1 aliphatic rings. The molecule has 1 amide bonds. The summed E-state index contributed by atoms with van der Waals surface area (Å²) in [6.07, 6.45) is -1.71. The van der Waals surface area contributed by atoms with Gasteiger partial charge in [-0.25, -0.2) is 13.6 Å². The Morgan fingerprint density at radius 2 is 1.87 bits per heavy atom. The number of carbonyl (C=O) groups is 3. The van der Waals surface area contributed by atoms with E-state index < -0.39 is 54.2 Å². The molecule has 1 unspecified atom stereocenters. The van der Waals surface area contributed by atoms with Crippen LogP contribution in [0.5, 0.6) is 0 Å². The Bertz CT molecular complexity index is 746. The molecule has 2 atom stereocenters. The highest BCUT2D eigenvalue weighted by molar-refractivity contribution is 5.99. The molecule has 2 rings (SSSR count). The fourth-order valence-electron chi connectivity index (χ4n) is 3.48. The van der Waals surface area contributed by atoms with Crippen molar-refractivity contribution in [3.8, 4) is 0 Å². The van der Waals surface area contributed by atoms with Gasteiger partial charge in [0.25, 0.3) is 0 Å². The van der Waals surface area contributed by atoms with Gasteiger partial charge in [-0.3, -0.25) is 9.59 Å². The lowest BCUT2D eigenvalue weighted by molar-refractivity contribution is -0.156. The third-order valence-electron chi connectivity index (χ3n) is 4.72. The molecule has 1 aromatic rings. The van der Waals surface area contributed by atoms with Crippen molar-refractivity contribution in [1.29, 1.82) is 0 Å². The van der Waals surface area contributed by atoms with Crippen LogP contribution in [0, 0.1) is 5.92 Å². The molecule has 1 aliphatic carbocycles. The predicted molar refractivity (Wildman–Crippen MR) is 106 cm³/mol. The highest BCUT2D eigenvalue weighted by atomic mass is 19.3. The summed E-state index contributed by atoms with van der Waals surface area (Å²) in [5, 5.41) is 2.41. The zero-order chi connectivity index (χ0) is 22.4. The van der Waals surface area contributed by atoms with E-state index in [0.29, 0.717) is 6.42 Å². The highest BCUT2D eigenvalue weighted by Crippen LogP contribution is 2.38. The lowest BCUT2D eigenvalue weighted by Gasteiger charge is -2.33. The van der Waals surface area contributed by atoms with Crippen molar-refractivity contribution in [2.75, 3.05) is 0 Å². The second kappa shape index (κ2) is 10.00. The molecule has 6 nitrogen and oxygen atoms in total. The second-order valence-electron chi connectivity index (χ2n) is 8.63. The zero-order valence-electron chi connectivity index (χ0n) is 17.6. The maximum absolute atomic E-state index is 13.9. The quantitative estimate of drug-likeness (QED) is 0.517. The summed E-state index contributed by atoms with van der Waals surface area (Å²) in [5.41, 5.74) is -0.0410. The molecule has 0 aromatic heterocycles. The van der Waals surface area contributed by atoms with Gasteiger partial charge in [0, 0.05) is 12.8 Å². The maximum atomic E-state index is 13.9. The molecule has 8 heteroatoms. The summed E-state index contributed by atoms with van der Waals surface area (Å²) in [6, 6.07) is 7.67. The maximum Gasteiger partial charge on any atom is 0.408 e. The van der Waals surface area contributed by atoms with E-state index >= 15 is 0 Å². The summed E-state index contributed by atoms with van der Waals surface area (Å²) in [4.78, 5) is 37.0. The lowest BCUT2D eigenvalue weighted by atomic mass is 9.80. The van der Waals surface area contributed by atoms with Gasteiger partial charge in [-0.05, 0) is 45.1 Å². The number of Topliss-reactive ketones (excluding diaryl/α,β-unsaturated/α-hetero) is 1. The van der Waals surface area contributed by atoms with Gasteiger partial charge in [0.15, 0.2) is 5.78 Å². The van der Waals surface area contributed by atoms with Gasteiger partial charge in [-0.15, -0.1) is 0 Å². The van der Waals surface area contributed by atoms with E-state index in [1.54, 1.807) is 45.0 Å². The number of esters is 1. The zero-order valence-corrected chi connectivity index (χ0v) is 17.6. The molecule has 166 valence electrons. The van der Waals surface area contributed by atoms with Gasteiger partial charge < -0.3 is 14.8 Å². The van der Waals surface area contributed by atoms with Gasteiger partial charge in [-0.2, -0.15) is 0 Å². The molecule has 0 spiro atoms. The summed E-state index contributed by atoms with van der Waals surface area (Å²) >= 11 is 0. The average Bonchev–Trinajstić information content (AvgIpc) is 2.62. The van der Waals surface area contributed by atoms with Crippen LogP contribution >= 0.6 is 0 Å². The molecule has 0 aliphatic heterocycles. The van der Waals surface area contributed by atoms with Crippen LogP contribution in [0.2, 0.25) is 0 Å². The normalized spacial score (nSPS) is 19.4. The van der Waals surface area contributed by atoms with E-state index in [1.165, 1.54) is 0 Å². The fraction of sp³-hybridized carbons (Fsp3) is 0.591. The number of alkyl halides is 2. The van der Waals surface area contributed by atoms with Crippen LogP contribution < -0.4 is 5.32 Å². The first-order valence-electron chi connectivity index (χ1n) is 10.0. The minimum Gasteiger partial charge on any atom is -0.460 e. The van der Waals surface area contributed by atoms with E-state index in [0.717, 1.165) is 5.56 Å². The Balaban J connectivity index is 2.05. The van der Waals surface area contributed by atoms with E-state index in [2.05, 4.69) is 5.32 Å². The number of rotatable bonds is 7. The largest absolute Gasteiger partial charge is 0.460 e. The number of nitrogens with one attached hydrogen (secondary N) is 1. The Morgan fingerprint density at radius 1 is 1.20 bits per heavy atom. The van der Waals surface area contributed by atoms with Gasteiger partial charge in [0.2, 0.25) is 5.92 Å². The first kappa shape index (κ1) is 23.8. The van der Waals surface area contributed by atoms with Gasteiger partial charge in [-0.1, -0.05) is 30.3 Å². The lowest BCUT2D eigenvalue weighted by Crippen LogP contribution is -2.49. The molecule has 1 N–H and O–H groups in total. The van der Waals surface area contributed by atoms with Crippen molar-refractivity contribution in [3.63, 3.8) is 0 Å². The minimum absolute atomic E-state index is 0.0273. The molecular formula is C22H29F2NO5. The molecule has 0 saturated heterocycles. The molecule has 0 radical (unpaired) electrons. The number of hydrogen-bond acceptors (Lipinski definition) is 5. The highest BCUT2D eigenvalue weighted by Gasteiger charge is 2.42. The monoisotopic (exact) mass is 425 g/mol. The number of ether oxygens (including phenoxy) is 2. The van der Waals surface area contributed by atoms with Crippen LogP contribution in [0.3, 0.4) is 0 Å². The number of benzene rings is 1. The molecule has 1 fully saturated rings. The minimum atomic E-state index is -2.91. The molecule has 1 saturated carbocycles. The Kier molecular flexibility index (Phi) is 7.92. The Hall–Kier alpha value is -2.51. The van der Waals surface area contributed by atoms with Gasteiger partial charge >= 0.3 is 12.1 Å². The van der Waals surface area contributed by atoms with Crippen LogP contribution in [0.1, 0.15) is 58.4 Å². The van der Waals surface area contributed by atoms with Crippen LogP contribution in [0.25, 0.3) is 0 Å². The molecule has 1 aromatic carbocycles. The fourth-order valence-corrected chi connectivity index (χ4v) is 3.48. The molecule has 30 heavy (non-hydrogen) atoms. The van der Waals surface area contributed by atoms with E-state index in [4.69, 9.17) is 9.47 Å². The van der Waals surface area contributed by atoms with E-state index in [1.807, 2.05) is 6.07 Å². The molecular weight excluding hydrogens is 396 g/mol. The first-order valence-corrected chi connectivity index (χ1v) is 10.0. The third kappa shape index (κ3) is 8.08. The average molecular weight is 425 g/mol. The van der Waals surface area contributed by atoms with Crippen LogP contribution in [-0.2, 0) is 25.7 Å². The SMILES string of the molecule is CC(C)(C)OC(=O)CC(=O)[C@@H](NC(=O)OCc1ccccc1)C1CCCC(F)(F)C1. The number of hydrogen-bond donors (Lipinski definition) is 1. The smallest absolute Gasteiger partial charge is 0.408 e. The summed E-state index contributed by atoms with van der Waals surface area (Å²) < 4.78 is 38.1. The second-order valence-corrected chi connectivity index (χ2v) is 8.63. The van der Waals surface area contributed by atoms with Crippen molar-refractivity contribution >= 4 is 17.8 Å². The number of halogens is 2. The number of alkyl carbamates (subject to hydrolysis) is 1. The van der Waals surface area contributed by atoms with Gasteiger partial charge in [0.1, 0.15) is 18.6 Å². The Labute approximate surface area is 175 Å². The van der Waals surface area contributed by atoms with Crippen LogP contribution in [0.15, 0.2) is 30.3 Å². The van der Waals surface area contributed by atoms with Gasteiger partial charge in [0.05, 0.1) is 6.04 Å². The standard InChI is InChI=1S/C22H29F2NO5/c1-21(2,3)30-18(27)12-17(26)19(16-10-7-11-22(23,24)13-16)25-20(28)29-14-15-8-5-4-6-9-15/h4-6,8-9,16,19H,7,10-14H2,1-3H3,(H,25,28)/t16?,19-/m0/s1. The van der Waals surface area contributed by atoms with Crippen LogP contribution in [0.4, 0.5) is 13.6 Å². The predicted octanol–water partition coefficient (Wildman–Crippen LogP) is 4.41. The third-order valence-corrected chi connectivity index (χ3v) is 4.72. The summed E-state index contributed by atoms with van der Waals surface area (Å²) in [6.45, 7) is 4.95. The molecule has 0 heterocycles. The summed E-state index contributed by atoms with van der Waals surface area (Å²) in [7, 11) is 0. The number of carbonyl (C=O) groups excluding carboxylic acids is 3. The first-order chi connectivity index (χ1) is 14.0. The van der Waals surface area contributed by atoms with Crippen molar-refractivity contribution in [2.24, 2.45) is 5.92 Å². The summed E-state index contributed by atoms with van der Waals surface area (Å²) in [5.74, 6) is -5.13. The topological polar surface area (TPSA) is 81.7 Å². The number of ketones is 1. The van der Waals surface area contributed by atoms with Crippen molar-refractivity contribution < 1.29 is 32.6 Å². The van der Waals surface area contributed by atoms with Crippen molar-refractivity contribution in [2.45, 2.75) is 77.0 Å². The molecule has 0 bridgehead atoms. The number of amides is 1. The van der Waals surface area contributed by atoms with E-state index in [-0.39, 0.29) is 19.4 Å². The van der Waals surface area contributed by atoms with Crippen molar-refractivity contribution in [3.05, 3.63) is 35.9 Å². The Morgan fingerprint density at radius 3 is 2.47 bits per heavy atom.